The molecule has 1 aliphatic rings. The second kappa shape index (κ2) is 14.6. The predicted molar refractivity (Wildman–Crippen MR) is 86.0 cm³/mol. The summed E-state index contributed by atoms with van der Waals surface area (Å²) in [6.45, 7) is 2.27. The Morgan fingerprint density at radius 3 is 1.77 bits per heavy atom. The van der Waals surface area contributed by atoms with Crippen molar-refractivity contribution < 1.29 is 28.8 Å². The molecule has 0 aromatic rings. The van der Waals surface area contributed by atoms with Crippen LogP contribution in [0.15, 0.2) is 0 Å². The van der Waals surface area contributed by atoms with Gasteiger partial charge in [0.2, 0.25) is 0 Å². The largest absolute Gasteiger partial charge is 1.00 e. The number of rotatable bonds is 15. The van der Waals surface area contributed by atoms with Crippen LogP contribution in [0, 0.1) is 0 Å². The van der Waals surface area contributed by atoms with Crippen molar-refractivity contribution >= 4 is 5.97 Å². The number of carbonyl (C=O) groups is 1. The van der Waals surface area contributed by atoms with Crippen LogP contribution in [0.25, 0.3) is 0 Å². The molecule has 0 radical (unpaired) electrons. The third-order valence-electron chi connectivity index (χ3n) is 4.57. The summed E-state index contributed by atoms with van der Waals surface area (Å²) >= 11 is 0. The molecular formula is C18H34LiNO2. The van der Waals surface area contributed by atoms with Crippen LogP contribution in [-0.4, -0.2) is 18.1 Å². The van der Waals surface area contributed by atoms with Gasteiger partial charge in [0, 0.05) is 18.1 Å². The smallest absolute Gasteiger partial charge is 0.550 e. The SMILES string of the molecule is CCCCCCCCC1NC1CCCCCCCC(=O)[O-].[Li+]. The fourth-order valence-corrected chi connectivity index (χ4v) is 3.10. The van der Waals surface area contributed by atoms with Gasteiger partial charge in [-0.15, -0.1) is 0 Å². The van der Waals surface area contributed by atoms with E-state index in [4.69, 9.17) is 0 Å². The molecule has 0 spiro atoms. The maximum absolute atomic E-state index is 10.3. The van der Waals surface area contributed by atoms with Gasteiger partial charge in [-0.2, -0.15) is 0 Å². The van der Waals surface area contributed by atoms with E-state index in [0.29, 0.717) is 0 Å². The summed E-state index contributed by atoms with van der Waals surface area (Å²) in [5.74, 6) is -0.908. The Hall–Kier alpha value is 0.0274. The molecule has 0 aliphatic carbocycles. The summed E-state index contributed by atoms with van der Waals surface area (Å²) in [5, 5.41) is 13.9. The van der Waals surface area contributed by atoms with E-state index >= 15 is 0 Å². The summed E-state index contributed by atoms with van der Waals surface area (Å²) in [4.78, 5) is 10.3. The standard InChI is InChI=1S/C18H35NO2.Li/c1-2-3-4-5-7-10-13-16-17(19-16)14-11-8-6-9-12-15-18(20)21;/h16-17,19H,2-15H2,1H3,(H,20,21);/q;+1/p-1. The van der Waals surface area contributed by atoms with E-state index in [-0.39, 0.29) is 25.3 Å². The van der Waals surface area contributed by atoms with E-state index in [9.17, 15) is 9.90 Å². The molecule has 2 atom stereocenters. The van der Waals surface area contributed by atoms with Gasteiger partial charge in [0.1, 0.15) is 0 Å². The molecule has 0 amide bonds. The first kappa shape index (κ1) is 22.0. The van der Waals surface area contributed by atoms with Gasteiger partial charge in [-0.05, 0) is 25.7 Å². The zero-order chi connectivity index (χ0) is 15.3. The average Bonchev–Trinajstić information content (AvgIpc) is 3.20. The van der Waals surface area contributed by atoms with Crippen molar-refractivity contribution in [2.75, 3.05) is 0 Å². The van der Waals surface area contributed by atoms with E-state index in [1.165, 1.54) is 70.6 Å². The van der Waals surface area contributed by atoms with Crippen molar-refractivity contribution in [2.24, 2.45) is 0 Å². The molecular weight excluding hydrogens is 269 g/mol. The monoisotopic (exact) mass is 303 g/mol. The van der Waals surface area contributed by atoms with Crippen molar-refractivity contribution in [3.8, 4) is 0 Å². The second-order valence-corrected chi connectivity index (χ2v) is 6.61. The van der Waals surface area contributed by atoms with E-state index in [1.54, 1.807) is 0 Å². The number of carbonyl (C=O) groups excluding carboxylic acids is 1. The summed E-state index contributed by atoms with van der Waals surface area (Å²) in [7, 11) is 0. The van der Waals surface area contributed by atoms with E-state index in [2.05, 4.69) is 12.2 Å². The van der Waals surface area contributed by atoms with E-state index in [1.807, 2.05) is 0 Å². The minimum atomic E-state index is -0.908. The normalized spacial score (nSPS) is 19.7. The van der Waals surface area contributed by atoms with Crippen molar-refractivity contribution in [3.63, 3.8) is 0 Å². The van der Waals surface area contributed by atoms with Gasteiger partial charge in [0.15, 0.2) is 0 Å². The molecule has 1 N–H and O–H groups in total. The molecule has 1 saturated heterocycles. The Labute approximate surface area is 149 Å². The Balaban J connectivity index is 0.00000441. The average molecular weight is 303 g/mol. The summed E-state index contributed by atoms with van der Waals surface area (Å²) in [5.41, 5.74) is 0. The van der Waals surface area contributed by atoms with Gasteiger partial charge in [-0.25, -0.2) is 0 Å². The molecule has 4 heteroatoms. The number of carboxylic acids is 1. The summed E-state index contributed by atoms with van der Waals surface area (Å²) in [6, 6.07) is 1.58. The van der Waals surface area contributed by atoms with Gasteiger partial charge in [0.05, 0.1) is 0 Å². The fraction of sp³-hybridized carbons (Fsp3) is 0.944. The number of nitrogens with one attached hydrogen (secondary N) is 1. The fourth-order valence-electron chi connectivity index (χ4n) is 3.10. The zero-order valence-electron chi connectivity index (χ0n) is 14.9. The molecule has 2 unspecified atom stereocenters. The maximum atomic E-state index is 10.3. The van der Waals surface area contributed by atoms with Gasteiger partial charge in [-0.1, -0.05) is 71.1 Å². The van der Waals surface area contributed by atoms with Crippen molar-refractivity contribution in [1.29, 1.82) is 0 Å². The molecule has 124 valence electrons. The van der Waals surface area contributed by atoms with Crippen LogP contribution in [0.4, 0.5) is 0 Å². The topological polar surface area (TPSA) is 62.1 Å². The molecule has 1 fully saturated rings. The van der Waals surface area contributed by atoms with Gasteiger partial charge in [0.25, 0.3) is 0 Å². The van der Waals surface area contributed by atoms with Crippen LogP contribution in [-0.2, 0) is 4.79 Å². The van der Waals surface area contributed by atoms with Gasteiger partial charge >= 0.3 is 18.9 Å². The van der Waals surface area contributed by atoms with E-state index < -0.39 is 5.97 Å². The molecule has 0 aromatic carbocycles. The van der Waals surface area contributed by atoms with Crippen LogP contribution in [0.2, 0.25) is 0 Å². The second-order valence-electron chi connectivity index (χ2n) is 6.61. The number of aliphatic carboxylic acids is 1. The van der Waals surface area contributed by atoms with Gasteiger partial charge in [-0.3, -0.25) is 0 Å². The molecule has 1 heterocycles. The number of hydrogen-bond acceptors (Lipinski definition) is 3. The zero-order valence-corrected chi connectivity index (χ0v) is 14.9. The first-order valence-corrected chi connectivity index (χ1v) is 9.20. The molecule has 0 bridgehead atoms. The number of carboxylic acid groups (broad SMARTS) is 1. The van der Waals surface area contributed by atoms with Gasteiger partial charge < -0.3 is 15.2 Å². The van der Waals surface area contributed by atoms with Crippen LogP contribution >= 0.6 is 0 Å². The van der Waals surface area contributed by atoms with Crippen molar-refractivity contribution in [3.05, 3.63) is 0 Å². The van der Waals surface area contributed by atoms with Crippen LogP contribution < -0.4 is 29.3 Å². The molecule has 0 saturated carbocycles. The summed E-state index contributed by atoms with van der Waals surface area (Å²) < 4.78 is 0. The number of hydrogen-bond donors (Lipinski definition) is 1. The third kappa shape index (κ3) is 12.6. The first-order chi connectivity index (χ1) is 10.2. The first-order valence-electron chi connectivity index (χ1n) is 9.20. The summed E-state index contributed by atoms with van der Waals surface area (Å²) in [6.07, 6.45) is 16.8. The molecule has 3 nitrogen and oxygen atoms in total. The third-order valence-corrected chi connectivity index (χ3v) is 4.57. The quantitative estimate of drug-likeness (QED) is 0.273. The minimum absolute atomic E-state index is 0. The van der Waals surface area contributed by atoms with E-state index in [0.717, 1.165) is 24.9 Å². The Kier molecular flexibility index (Phi) is 14.6. The Morgan fingerprint density at radius 1 is 0.818 bits per heavy atom. The minimum Gasteiger partial charge on any atom is -0.550 e. The van der Waals surface area contributed by atoms with Crippen molar-refractivity contribution in [2.45, 2.75) is 109 Å². The van der Waals surface area contributed by atoms with Crippen molar-refractivity contribution in [1.82, 2.24) is 5.32 Å². The van der Waals surface area contributed by atoms with Crippen LogP contribution in [0.3, 0.4) is 0 Å². The molecule has 22 heavy (non-hydrogen) atoms. The molecule has 1 rings (SSSR count). The molecule has 1 aliphatic heterocycles. The molecule has 0 aromatic heterocycles. The Bertz CT molecular complexity index is 274. The van der Waals surface area contributed by atoms with Crippen LogP contribution in [0.5, 0.6) is 0 Å². The predicted octanol–water partition coefficient (Wildman–Crippen LogP) is 0.562. The Morgan fingerprint density at radius 2 is 1.27 bits per heavy atom. The maximum Gasteiger partial charge on any atom is 1.00 e. The number of unbranched alkanes of at least 4 members (excludes halogenated alkanes) is 9. The van der Waals surface area contributed by atoms with Crippen LogP contribution in [0.1, 0.15) is 96.8 Å².